The number of hydrogen-bond acceptors (Lipinski definition) is 5. The average molecular weight is 488 g/mol. The Hall–Kier alpha value is -2.36. The lowest BCUT2D eigenvalue weighted by molar-refractivity contribution is -0.121. The lowest BCUT2D eigenvalue weighted by Crippen LogP contribution is -2.41. The zero-order valence-electron chi connectivity index (χ0n) is 18.9. The van der Waals surface area contributed by atoms with E-state index in [9.17, 15) is 18.0 Å². The zero-order valence-corrected chi connectivity index (χ0v) is 20.5. The molecule has 0 atom stereocenters. The van der Waals surface area contributed by atoms with Crippen molar-refractivity contribution in [2.45, 2.75) is 42.4 Å². The molecule has 1 N–H and O–H groups in total. The Morgan fingerprint density at radius 2 is 1.88 bits per heavy atom. The van der Waals surface area contributed by atoms with Gasteiger partial charge in [-0.2, -0.15) is 4.31 Å². The number of rotatable bonds is 6. The molecule has 0 saturated carbocycles. The summed E-state index contributed by atoms with van der Waals surface area (Å²) in [6.45, 7) is 3.09. The van der Waals surface area contributed by atoms with Crippen LogP contribution in [0.4, 0.5) is 11.4 Å². The Kier molecular flexibility index (Phi) is 7.11. The minimum Gasteiger partial charge on any atom is -0.324 e. The number of piperidine rings is 1. The molecule has 4 rings (SSSR count). The van der Waals surface area contributed by atoms with E-state index in [1.807, 2.05) is 30.5 Å². The molecular weight excluding hydrogens is 458 g/mol. The van der Waals surface area contributed by atoms with E-state index in [1.165, 1.54) is 4.90 Å². The molecule has 2 aromatic rings. The van der Waals surface area contributed by atoms with Gasteiger partial charge in [0, 0.05) is 35.8 Å². The van der Waals surface area contributed by atoms with E-state index in [0.29, 0.717) is 36.8 Å². The first-order chi connectivity index (χ1) is 15.8. The number of nitrogens with zero attached hydrogens (tertiary/aromatic N) is 2. The van der Waals surface area contributed by atoms with Crippen LogP contribution in [0.1, 0.15) is 31.7 Å². The number of anilines is 2. The Balaban J connectivity index is 1.52. The van der Waals surface area contributed by atoms with E-state index in [1.54, 1.807) is 34.3 Å². The molecule has 33 heavy (non-hydrogen) atoms. The maximum Gasteiger partial charge on any atom is 0.244 e. The first-order valence-corrected chi connectivity index (χ1v) is 13.8. The van der Waals surface area contributed by atoms with Crippen molar-refractivity contribution in [1.29, 1.82) is 0 Å². The summed E-state index contributed by atoms with van der Waals surface area (Å²) < 4.78 is 27.8. The SMILES string of the molecule is CSc1cccc(NC(=O)CN2C(=O)CCc3cc(S(=O)(=O)N4CCC(C)CC4)ccc32)c1. The fraction of sp³-hybridized carbons (Fsp3) is 0.417. The third-order valence-electron chi connectivity index (χ3n) is 6.29. The van der Waals surface area contributed by atoms with E-state index in [2.05, 4.69) is 12.2 Å². The highest BCUT2D eigenvalue weighted by molar-refractivity contribution is 7.98. The van der Waals surface area contributed by atoms with Gasteiger partial charge in [-0.25, -0.2) is 8.42 Å². The molecule has 2 heterocycles. The summed E-state index contributed by atoms with van der Waals surface area (Å²) in [5, 5.41) is 2.85. The Bertz CT molecular complexity index is 1160. The number of fused-ring (bicyclic) bond motifs is 1. The van der Waals surface area contributed by atoms with Crippen LogP contribution >= 0.6 is 11.8 Å². The summed E-state index contributed by atoms with van der Waals surface area (Å²) in [6, 6.07) is 12.4. The first-order valence-electron chi connectivity index (χ1n) is 11.2. The molecule has 0 spiro atoms. The summed E-state index contributed by atoms with van der Waals surface area (Å²) in [7, 11) is -3.57. The zero-order chi connectivity index (χ0) is 23.6. The molecule has 7 nitrogen and oxygen atoms in total. The maximum absolute atomic E-state index is 13.1. The molecule has 2 aromatic carbocycles. The van der Waals surface area contributed by atoms with Crippen LogP contribution in [-0.2, 0) is 26.0 Å². The van der Waals surface area contributed by atoms with Gasteiger partial charge in [0.25, 0.3) is 0 Å². The van der Waals surface area contributed by atoms with Crippen LogP contribution in [0.5, 0.6) is 0 Å². The molecule has 0 bridgehead atoms. The topological polar surface area (TPSA) is 86.8 Å². The Morgan fingerprint density at radius 3 is 2.61 bits per heavy atom. The van der Waals surface area contributed by atoms with Crippen LogP contribution in [-0.4, -0.2) is 50.4 Å². The second-order valence-corrected chi connectivity index (χ2v) is 11.5. The number of hydrogen-bond donors (Lipinski definition) is 1. The standard InChI is InChI=1S/C24H29N3O4S2/c1-17-10-12-26(13-11-17)33(30,31)21-7-8-22-18(14-21)6-9-24(29)27(22)16-23(28)25-19-4-3-5-20(15-19)32-2/h3-5,7-8,14-15,17H,6,9-13,16H2,1-2H3,(H,25,28). The van der Waals surface area contributed by atoms with Crippen molar-refractivity contribution in [2.24, 2.45) is 5.92 Å². The lowest BCUT2D eigenvalue weighted by atomic mass is 10.0. The van der Waals surface area contributed by atoms with Crippen molar-refractivity contribution in [1.82, 2.24) is 4.31 Å². The van der Waals surface area contributed by atoms with Gasteiger partial charge in [0.05, 0.1) is 4.90 Å². The third kappa shape index (κ3) is 5.26. The molecule has 0 unspecified atom stereocenters. The van der Waals surface area contributed by atoms with Gasteiger partial charge in [0.1, 0.15) is 6.54 Å². The van der Waals surface area contributed by atoms with E-state index >= 15 is 0 Å². The number of nitrogens with one attached hydrogen (secondary N) is 1. The molecule has 1 fully saturated rings. The number of thioether (sulfide) groups is 1. The van der Waals surface area contributed by atoms with Gasteiger partial charge in [0.15, 0.2) is 0 Å². The third-order valence-corrected chi connectivity index (χ3v) is 8.91. The van der Waals surface area contributed by atoms with Crippen LogP contribution < -0.4 is 10.2 Å². The highest BCUT2D eigenvalue weighted by Gasteiger charge is 2.31. The number of benzene rings is 2. The quantitative estimate of drug-likeness (QED) is 0.627. The lowest BCUT2D eigenvalue weighted by Gasteiger charge is -2.31. The van der Waals surface area contributed by atoms with E-state index in [0.717, 1.165) is 23.3 Å². The van der Waals surface area contributed by atoms with Crippen molar-refractivity contribution in [3.05, 3.63) is 48.0 Å². The summed E-state index contributed by atoms with van der Waals surface area (Å²) in [5.41, 5.74) is 2.05. The van der Waals surface area contributed by atoms with E-state index < -0.39 is 10.0 Å². The maximum atomic E-state index is 13.1. The number of sulfonamides is 1. The van der Waals surface area contributed by atoms with Crippen LogP contribution in [0, 0.1) is 5.92 Å². The van der Waals surface area contributed by atoms with Gasteiger partial charge in [0.2, 0.25) is 21.8 Å². The normalized spacial score (nSPS) is 17.6. The molecule has 2 aliphatic heterocycles. The summed E-state index contributed by atoms with van der Waals surface area (Å²) in [5.74, 6) is 0.0960. The molecule has 1 saturated heterocycles. The van der Waals surface area contributed by atoms with Crippen molar-refractivity contribution in [3.8, 4) is 0 Å². The largest absolute Gasteiger partial charge is 0.324 e. The molecule has 2 amide bonds. The summed E-state index contributed by atoms with van der Waals surface area (Å²) in [6.07, 6.45) is 4.39. The van der Waals surface area contributed by atoms with Gasteiger partial charge in [-0.05, 0) is 73.4 Å². The molecule has 2 aliphatic rings. The number of aryl methyl sites for hydroxylation is 1. The van der Waals surface area contributed by atoms with Crippen LogP contribution in [0.3, 0.4) is 0 Å². The number of carbonyl (C=O) groups excluding carboxylic acids is 2. The van der Waals surface area contributed by atoms with Crippen LogP contribution in [0.2, 0.25) is 0 Å². The molecule has 9 heteroatoms. The summed E-state index contributed by atoms with van der Waals surface area (Å²) in [4.78, 5) is 28.0. The minimum absolute atomic E-state index is 0.120. The number of amides is 2. The Morgan fingerprint density at radius 1 is 1.12 bits per heavy atom. The average Bonchev–Trinajstić information content (AvgIpc) is 2.81. The van der Waals surface area contributed by atoms with Crippen LogP contribution in [0.25, 0.3) is 0 Å². The van der Waals surface area contributed by atoms with Gasteiger partial charge in [-0.1, -0.05) is 13.0 Å². The molecular formula is C24H29N3O4S2. The fourth-order valence-electron chi connectivity index (χ4n) is 4.29. The second kappa shape index (κ2) is 9.87. The Labute approximate surface area is 199 Å². The van der Waals surface area contributed by atoms with Gasteiger partial charge in [-0.3, -0.25) is 9.59 Å². The van der Waals surface area contributed by atoms with E-state index in [4.69, 9.17) is 0 Å². The fourth-order valence-corrected chi connectivity index (χ4v) is 6.27. The highest BCUT2D eigenvalue weighted by atomic mass is 32.2. The molecule has 0 aromatic heterocycles. The van der Waals surface area contributed by atoms with Gasteiger partial charge >= 0.3 is 0 Å². The molecule has 0 radical (unpaired) electrons. The van der Waals surface area contributed by atoms with Gasteiger partial charge in [-0.15, -0.1) is 11.8 Å². The highest BCUT2D eigenvalue weighted by Crippen LogP contribution is 2.32. The molecule has 176 valence electrons. The number of carbonyl (C=O) groups is 2. The second-order valence-electron chi connectivity index (χ2n) is 8.64. The minimum atomic E-state index is -3.57. The summed E-state index contributed by atoms with van der Waals surface area (Å²) >= 11 is 1.58. The molecule has 0 aliphatic carbocycles. The van der Waals surface area contributed by atoms with Crippen LogP contribution in [0.15, 0.2) is 52.3 Å². The van der Waals surface area contributed by atoms with Crippen molar-refractivity contribution in [2.75, 3.05) is 36.1 Å². The van der Waals surface area contributed by atoms with E-state index in [-0.39, 0.29) is 29.7 Å². The first kappa shape index (κ1) is 23.8. The van der Waals surface area contributed by atoms with Crippen molar-refractivity contribution in [3.63, 3.8) is 0 Å². The van der Waals surface area contributed by atoms with Crippen molar-refractivity contribution < 1.29 is 18.0 Å². The monoisotopic (exact) mass is 487 g/mol. The smallest absolute Gasteiger partial charge is 0.244 e. The van der Waals surface area contributed by atoms with Gasteiger partial charge < -0.3 is 10.2 Å². The predicted octanol–water partition coefficient (Wildman–Crippen LogP) is 3.75. The predicted molar refractivity (Wildman–Crippen MR) is 131 cm³/mol. The van der Waals surface area contributed by atoms with Crippen molar-refractivity contribution >= 4 is 45.0 Å².